The van der Waals surface area contributed by atoms with Gasteiger partial charge in [0.1, 0.15) is 0 Å². The summed E-state index contributed by atoms with van der Waals surface area (Å²) in [5.74, 6) is 1.42. The van der Waals surface area contributed by atoms with E-state index in [0.29, 0.717) is 12.0 Å². The Hall–Kier alpha value is -0.820. The fraction of sp³-hybridized carbons (Fsp3) is 0.700. The first kappa shape index (κ1) is 17.3. The molecule has 5 nitrogen and oxygen atoms in total. The van der Waals surface area contributed by atoms with Gasteiger partial charge in [-0.1, -0.05) is 22.0 Å². The van der Waals surface area contributed by atoms with E-state index in [-0.39, 0.29) is 16.3 Å². The lowest BCUT2D eigenvalue weighted by Crippen LogP contribution is -2.73. The summed E-state index contributed by atoms with van der Waals surface area (Å²) in [7, 11) is 7.44. The summed E-state index contributed by atoms with van der Waals surface area (Å²) in [4.78, 5) is 2.61. The Labute approximate surface area is 163 Å². The van der Waals surface area contributed by atoms with Gasteiger partial charge in [-0.15, -0.1) is 0 Å². The molecule has 5 rings (SSSR count). The predicted octanol–water partition coefficient (Wildman–Crippen LogP) is 2.73. The van der Waals surface area contributed by atoms with Gasteiger partial charge in [-0.3, -0.25) is 0 Å². The average Bonchev–Trinajstić information content (AvgIpc) is 3.00. The number of piperidine rings is 1. The summed E-state index contributed by atoms with van der Waals surface area (Å²) in [6.45, 7) is 1.06. The molecule has 1 aromatic rings. The van der Waals surface area contributed by atoms with Gasteiger partial charge in [0.05, 0.1) is 11.9 Å². The Kier molecular flexibility index (Phi) is 3.72. The summed E-state index contributed by atoms with van der Waals surface area (Å²) in [6.07, 6.45) is 2.94. The molecule has 1 saturated carbocycles. The monoisotopic (exact) mass is 423 g/mol. The van der Waals surface area contributed by atoms with E-state index in [0.717, 1.165) is 37.3 Å². The molecule has 1 aromatic carbocycles. The number of methoxy groups -OCH3 is 3. The van der Waals surface area contributed by atoms with Gasteiger partial charge in [0, 0.05) is 31.2 Å². The molecule has 26 heavy (non-hydrogen) atoms. The van der Waals surface area contributed by atoms with Crippen molar-refractivity contribution < 1.29 is 18.9 Å². The predicted molar refractivity (Wildman–Crippen MR) is 101 cm³/mol. The highest BCUT2D eigenvalue weighted by Crippen LogP contribution is 2.66. The van der Waals surface area contributed by atoms with Crippen LogP contribution >= 0.6 is 15.9 Å². The molecule has 2 fully saturated rings. The van der Waals surface area contributed by atoms with Crippen molar-refractivity contribution in [1.29, 1.82) is 0 Å². The first-order valence-electron chi connectivity index (χ1n) is 9.35. The number of hydrogen-bond donors (Lipinski definition) is 0. The third-order valence-electron chi connectivity index (χ3n) is 7.50. The molecule has 1 spiro atoms. The van der Waals surface area contributed by atoms with Crippen LogP contribution in [0.1, 0.15) is 24.0 Å². The molecule has 0 aromatic heterocycles. The van der Waals surface area contributed by atoms with E-state index >= 15 is 0 Å². The lowest BCUT2D eigenvalue weighted by Gasteiger charge is -2.62. The van der Waals surface area contributed by atoms with Crippen LogP contribution in [0.3, 0.4) is 0 Å². The van der Waals surface area contributed by atoms with Crippen molar-refractivity contribution >= 4 is 15.9 Å². The first-order valence-corrected chi connectivity index (χ1v) is 10.3. The Balaban J connectivity index is 1.80. The van der Waals surface area contributed by atoms with Gasteiger partial charge in [-0.2, -0.15) is 0 Å². The van der Waals surface area contributed by atoms with Crippen LogP contribution in [0.4, 0.5) is 0 Å². The van der Waals surface area contributed by atoms with E-state index in [9.17, 15) is 0 Å². The van der Waals surface area contributed by atoms with Crippen LogP contribution in [0.2, 0.25) is 0 Å². The van der Waals surface area contributed by atoms with Crippen LogP contribution in [-0.4, -0.2) is 62.6 Å². The van der Waals surface area contributed by atoms with E-state index < -0.39 is 5.79 Å². The summed E-state index contributed by atoms with van der Waals surface area (Å²) in [6, 6.07) is 4.80. The number of ether oxygens (including phenoxy) is 4. The van der Waals surface area contributed by atoms with E-state index in [1.54, 1.807) is 21.3 Å². The molecule has 0 N–H and O–H groups in total. The van der Waals surface area contributed by atoms with E-state index in [1.807, 2.05) is 6.07 Å². The summed E-state index contributed by atoms with van der Waals surface area (Å²) >= 11 is 3.90. The van der Waals surface area contributed by atoms with Gasteiger partial charge in [0.2, 0.25) is 5.79 Å². The molecular formula is C20H26BrNO4. The van der Waals surface area contributed by atoms with Gasteiger partial charge in [0.15, 0.2) is 17.6 Å². The molecule has 1 saturated heterocycles. The van der Waals surface area contributed by atoms with Crippen molar-refractivity contribution in [3.05, 3.63) is 23.3 Å². The van der Waals surface area contributed by atoms with Gasteiger partial charge in [0.25, 0.3) is 0 Å². The summed E-state index contributed by atoms with van der Waals surface area (Å²) in [5.41, 5.74) is 2.67. The SMILES string of the molecule is COc1ccc2c3c1O[C@@H]1C(OC)(OC)C(Br)C[C@@H]4[C@H](C2)N(C)CC[C@]341. The van der Waals surface area contributed by atoms with Crippen LogP contribution in [0.15, 0.2) is 12.1 Å². The van der Waals surface area contributed by atoms with Crippen LogP contribution in [0.5, 0.6) is 11.5 Å². The van der Waals surface area contributed by atoms with Crippen molar-refractivity contribution in [2.75, 3.05) is 34.9 Å². The fourth-order valence-corrected chi connectivity index (χ4v) is 7.37. The van der Waals surface area contributed by atoms with Gasteiger partial charge >= 0.3 is 0 Å². The number of likely N-dealkylation sites (N-methyl/N-ethyl adjacent to an activating group) is 1. The molecule has 2 bridgehead atoms. The number of halogens is 1. The zero-order valence-electron chi connectivity index (χ0n) is 15.8. The molecule has 6 heteroatoms. The molecule has 2 aliphatic heterocycles. The standard InChI is InChI=1S/C20H26BrNO4/c1-22-8-7-19-12-10-15(21)20(24-3,25-4)18(19)26-17-14(23-2)6-5-11(16(17)19)9-13(12)22/h5-6,12-13,15,18H,7-10H2,1-4H3/t12-,13+,15?,18+,19-/m1/s1. The molecule has 2 heterocycles. The minimum absolute atomic E-state index is 0.0731. The van der Waals surface area contributed by atoms with Crippen LogP contribution in [0, 0.1) is 5.92 Å². The summed E-state index contributed by atoms with van der Waals surface area (Å²) < 4.78 is 24.4. The van der Waals surface area contributed by atoms with E-state index in [4.69, 9.17) is 18.9 Å². The van der Waals surface area contributed by atoms with Crippen LogP contribution in [-0.2, 0) is 21.3 Å². The zero-order valence-corrected chi connectivity index (χ0v) is 17.3. The Bertz CT molecular complexity index is 752. The number of hydrogen-bond acceptors (Lipinski definition) is 5. The number of benzene rings is 1. The van der Waals surface area contributed by atoms with Gasteiger partial charge in [-0.05, 0) is 50.4 Å². The van der Waals surface area contributed by atoms with Crippen molar-refractivity contribution in [3.8, 4) is 11.5 Å². The lowest BCUT2D eigenvalue weighted by molar-refractivity contribution is -0.286. The fourth-order valence-electron chi connectivity index (χ4n) is 6.35. The highest BCUT2D eigenvalue weighted by atomic mass is 79.9. The summed E-state index contributed by atoms with van der Waals surface area (Å²) in [5, 5.41) is 0. The lowest BCUT2D eigenvalue weighted by atomic mass is 9.50. The minimum atomic E-state index is -0.810. The van der Waals surface area contributed by atoms with Crippen LogP contribution in [0.25, 0.3) is 0 Å². The highest BCUT2D eigenvalue weighted by molar-refractivity contribution is 9.09. The Morgan fingerprint density at radius 2 is 2.00 bits per heavy atom. The second-order valence-corrected chi connectivity index (χ2v) is 9.22. The normalized spacial score (nSPS) is 39.3. The van der Waals surface area contributed by atoms with Crippen LogP contribution < -0.4 is 9.47 Å². The molecule has 2 aliphatic carbocycles. The van der Waals surface area contributed by atoms with Gasteiger partial charge < -0.3 is 23.8 Å². The van der Waals surface area contributed by atoms with Gasteiger partial charge in [-0.25, -0.2) is 0 Å². The maximum absolute atomic E-state index is 6.68. The minimum Gasteiger partial charge on any atom is -0.493 e. The second-order valence-electron chi connectivity index (χ2n) is 8.11. The molecule has 1 unspecified atom stereocenters. The maximum Gasteiger partial charge on any atom is 0.219 e. The third-order valence-corrected chi connectivity index (χ3v) is 8.51. The smallest absolute Gasteiger partial charge is 0.219 e. The van der Waals surface area contributed by atoms with E-state index in [2.05, 4.69) is 33.9 Å². The molecule has 0 amide bonds. The first-order chi connectivity index (χ1) is 12.5. The number of rotatable bonds is 3. The van der Waals surface area contributed by atoms with Crippen molar-refractivity contribution in [2.45, 2.75) is 47.4 Å². The molecular weight excluding hydrogens is 398 g/mol. The zero-order chi connectivity index (χ0) is 18.3. The largest absolute Gasteiger partial charge is 0.493 e. The second kappa shape index (κ2) is 5.60. The molecule has 142 valence electrons. The topological polar surface area (TPSA) is 40.2 Å². The number of likely N-dealkylation sites (tertiary alicyclic amines) is 1. The van der Waals surface area contributed by atoms with Crippen molar-refractivity contribution in [3.63, 3.8) is 0 Å². The number of nitrogens with zero attached hydrogens (tertiary/aromatic N) is 1. The molecule has 4 aliphatic rings. The number of alkyl halides is 1. The van der Waals surface area contributed by atoms with Crippen molar-refractivity contribution in [2.24, 2.45) is 5.92 Å². The maximum atomic E-state index is 6.68. The quantitative estimate of drug-likeness (QED) is 0.552. The van der Waals surface area contributed by atoms with E-state index in [1.165, 1.54) is 11.1 Å². The average molecular weight is 424 g/mol. The molecule has 5 atom stereocenters. The Morgan fingerprint density at radius 3 is 2.69 bits per heavy atom. The third kappa shape index (κ3) is 1.77. The molecule has 0 radical (unpaired) electrons. The van der Waals surface area contributed by atoms with Crippen molar-refractivity contribution in [1.82, 2.24) is 4.90 Å². The highest BCUT2D eigenvalue weighted by Gasteiger charge is 2.72. The Morgan fingerprint density at radius 1 is 1.23 bits per heavy atom.